The predicted molar refractivity (Wildman–Crippen MR) is 99.4 cm³/mol. The third-order valence-corrected chi connectivity index (χ3v) is 4.95. The molecule has 0 fully saturated rings. The summed E-state index contributed by atoms with van der Waals surface area (Å²) < 4.78 is 0. The summed E-state index contributed by atoms with van der Waals surface area (Å²) in [7, 11) is 0. The second-order valence-corrected chi connectivity index (χ2v) is 6.43. The smallest absolute Gasteiger partial charge is 0.0994 e. The Labute approximate surface area is 148 Å². The summed E-state index contributed by atoms with van der Waals surface area (Å²) in [5, 5.41) is 13.1. The summed E-state index contributed by atoms with van der Waals surface area (Å²) >= 11 is 0. The fourth-order valence-electron chi connectivity index (χ4n) is 3.79. The molecule has 0 bridgehead atoms. The molecule has 0 spiro atoms. The van der Waals surface area contributed by atoms with E-state index in [9.17, 15) is 5.26 Å². The van der Waals surface area contributed by atoms with Crippen molar-refractivity contribution < 1.29 is 0 Å². The Morgan fingerprint density at radius 2 is 1.80 bits per heavy atom. The van der Waals surface area contributed by atoms with E-state index in [4.69, 9.17) is 0 Å². The number of rotatable bonds is 3. The van der Waals surface area contributed by atoms with Gasteiger partial charge in [0.2, 0.25) is 0 Å². The third kappa shape index (κ3) is 2.99. The Hall–Kier alpha value is -3.12. The normalized spacial score (nSPS) is 17.0. The van der Waals surface area contributed by atoms with Crippen LogP contribution in [0.15, 0.2) is 72.9 Å². The monoisotopic (exact) mass is 325 g/mol. The van der Waals surface area contributed by atoms with Crippen molar-refractivity contribution in [3.05, 3.63) is 95.3 Å². The summed E-state index contributed by atoms with van der Waals surface area (Å²) in [4.78, 5) is 4.55. The van der Waals surface area contributed by atoms with Crippen LogP contribution in [-0.4, -0.2) is 11.5 Å². The van der Waals surface area contributed by atoms with Gasteiger partial charge in [-0.2, -0.15) is 5.26 Å². The number of anilines is 1. The lowest BCUT2D eigenvalue weighted by molar-refractivity contribution is 0.470. The Balaban J connectivity index is 1.79. The molecule has 3 aromatic rings. The van der Waals surface area contributed by atoms with Crippen LogP contribution < -0.4 is 5.32 Å². The first-order valence-corrected chi connectivity index (χ1v) is 8.58. The minimum Gasteiger partial charge on any atom is -0.383 e. The van der Waals surface area contributed by atoms with Gasteiger partial charge < -0.3 is 5.32 Å². The Kier molecular flexibility index (Phi) is 4.18. The van der Waals surface area contributed by atoms with Crippen molar-refractivity contribution in [1.82, 2.24) is 4.98 Å². The van der Waals surface area contributed by atoms with E-state index in [-0.39, 0.29) is 5.92 Å². The Morgan fingerprint density at radius 1 is 1.00 bits per heavy atom. The maximum atomic E-state index is 9.59. The van der Waals surface area contributed by atoms with E-state index in [1.807, 2.05) is 36.5 Å². The zero-order valence-corrected chi connectivity index (χ0v) is 13.9. The van der Waals surface area contributed by atoms with E-state index < -0.39 is 0 Å². The van der Waals surface area contributed by atoms with Gasteiger partial charge in [-0.1, -0.05) is 48.5 Å². The highest BCUT2D eigenvalue weighted by atomic mass is 14.9. The van der Waals surface area contributed by atoms with Crippen molar-refractivity contribution in [3.63, 3.8) is 0 Å². The van der Waals surface area contributed by atoms with E-state index >= 15 is 0 Å². The molecule has 1 aliphatic heterocycles. The highest BCUT2D eigenvalue weighted by Crippen LogP contribution is 2.38. The lowest BCUT2D eigenvalue weighted by atomic mass is 9.76. The van der Waals surface area contributed by atoms with Crippen molar-refractivity contribution in [2.45, 2.75) is 12.3 Å². The molecule has 0 saturated carbocycles. The molecule has 1 N–H and O–H groups in total. The Bertz CT molecular complexity index is 912. The lowest BCUT2D eigenvalue weighted by Gasteiger charge is -2.33. The second-order valence-electron chi connectivity index (χ2n) is 6.43. The zero-order valence-electron chi connectivity index (χ0n) is 13.9. The summed E-state index contributed by atoms with van der Waals surface area (Å²) in [6.45, 7) is 0.873. The average molecular weight is 325 g/mol. The molecular weight excluding hydrogens is 306 g/mol. The molecular formula is C22H19N3. The van der Waals surface area contributed by atoms with Crippen LogP contribution in [0, 0.1) is 17.2 Å². The summed E-state index contributed by atoms with van der Waals surface area (Å²) in [6, 6.07) is 24.9. The average Bonchev–Trinajstić information content (AvgIpc) is 2.69. The number of aromatic nitrogens is 1. The van der Waals surface area contributed by atoms with Crippen molar-refractivity contribution >= 4 is 5.69 Å². The van der Waals surface area contributed by atoms with Crippen LogP contribution in [0.3, 0.4) is 0 Å². The van der Waals surface area contributed by atoms with Gasteiger partial charge in [0.05, 0.1) is 23.0 Å². The van der Waals surface area contributed by atoms with Gasteiger partial charge in [-0.05, 0) is 41.7 Å². The number of nitrogens with one attached hydrogen (secondary N) is 1. The molecule has 0 saturated heterocycles. The van der Waals surface area contributed by atoms with Crippen molar-refractivity contribution in [2.75, 3.05) is 11.9 Å². The molecule has 3 nitrogen and oxygen atoms in total. The van der Waals surface area contributed by atoms with E-state index in [2.05, 4.69) is 52.8 Å². The summed E-state index contributed by atoms with van der Waals surface area (Å²) in [6.07, 6.45) is 2.76. The van der Waals surface area contributed by atoms with Crippen LogP contribution in [0.4, 0.5) is 5.69 Å². The molecule has 0 unspecified atom stereocenters. The third-order valence-electron chi connectivity index (χ3n) is 4.95. The molecule has 122 valence electrons. The van der Waals surface area contributed by atoms with Crippen molar-refractivity contribution in [1.29, 1.82) is 5.26 Å². The molecule has 0 radical (unpaired) electrons. The minimum absolute atomic E-state index is 0.166. The lowest BCUT2D eigenvalue weighted by Crippen LogP contribution is -2.30. The van der Waals surface area contributed by atoms with Crippen LogP contribution in [0.2, 0.25) is 0 Å². The van der Waals surface area contributed by atoms with Crippen molar-refractivity contribution in [2.24, 2.45) is 5.92 Å². The summed E-state index contributed by atoms with van der Waals surface area (Å²) in [5.74, 6) is 0.513. The first kappa shape index (κ1) is 15.4. The maximum Gasteiger partial charge on any atom is 0.0994 e. The molecule has 4 rings (SSSR count). The van der Waals surface area contributed by atoms with E-state index in [0.717, 1.165) is 35.5 Å². The second kappa shape index (κ2) is 6.78. The number of hydrogen-bond acceptors (Lipinski definition) is 3. The number of nitrogens with zero attached hydrogens (tertiary/aromatic N) is 2. The molecule has 0 amide bonds. The molecule has 2 atom stereocenters. The van der Waals surface area contributed by atoms with Gasteiger partial charge in [0, 0.05) is 18.7 Å². The van der Waals surface area contributed by atoms with Crippen LogP contribution in [0.5, 0.6) is 0 Å². The standard InChI is InChI=1S/C22H19N3/c23-14-17-9-4-5-10-19(17)22(16-7-2-1-3-8-16)18-13-21-20(25-15-18)11-6-12-24-21/h1-12,18,22,25H,13,15H2/t18-,22-/m1/s1. The van der Waals surface area contributed by atoms with E-state index in [0.29, 0.717) is 5.92 Å². The van der Waals surface area contributed by atoms with Gasteiger partial charge in [0.25, 0.3) is 0 Å². The van der Waals surface area contributed by atoms with Gasteiger partial charge in [0.1, 0.15) is 0 Å². The number of nitriles is 1. The van der Waals surface area contributed by atoms with E-state index in [1.54, 1.807) is 0 Å². The summed E-state index contributed by atoms with van der Waals surface area (Å²) in [5.41, 5.74) is 5.33. The first-order chi connectivity index (χ1) is 12.4. The van der Waals surface area contributed by atoms with Gasteiger partial charge >= 0.3 is 0 Å². The zero-order chi connectivity index (χ0) is 17.1. The Morgan fingerprint density at radius 3 is 2.64 bits per heavy atom. The van der Waals surface area contributed by atoms with E-state index in [1.165, 1.54) is 5.56 Å². The molecule has 1 aromatic heterocycles. The molecule has 2 aromatic carbocycles. The fraction of sp³-hybridized carbons (Fsp3) is 0.182. The van der Waals surface area contributed by atoms with Gasteiger partial charge in [0.15, 0.2) is 0 Å². The fourth-order valence-corrected chi connectivity index (χ4v) is 3.79. The van der Waals surface area contributed by atoms with Crippen LogP contribution in [0.1, 0.15) is 28.3 Å². The topological polar surface area (TPSA) is 48.7 Å². The highest BCUT2D eigenvalue weighted by molar-refractivity contribution is 5.52. The number of pyridine rings is 1. The molecule has 0 aliphatic carbocycles. The van der Waals surface area contributed by atoms with Gasteiger partial charge in [-0.3, -0.25) is 4.98 Å². The molecule has 25 heavy (non-hydrogen) atoms. The van der Waals surface area contributed by atoms with Gasteiger partial charge in [-0.25, -0.2) is 0 Å². The van der Waals surface area contributed by atoms with Crippen LogP contribution >= 0.6 is 0 Å². The SMILES string of the molecule is N#Cc1ccccc1[C@H](c1ccccc1)[C@H]1CNc2cccnc2C1. The van der Waals surface area contributed by atoms with Crippen LogP contribution in [-0.2, 0) is 6.42 Å². The number of hydrogen-bond donors (Lipinski definition) is 1. The molecule has 2 heterocycles. The first-order valence-electron chi connectivity index (χ1n) is 8.58. The quantitative estimate of drug-likeness (QED) is 0.778. The van der Waals surface area contributed by atoms with Gasteiger partial charge in [-0.15, -0.1) is 0 Å². The maximum absolute atomic E-state index is 9.59. The largest absolute Gasteiger partial charge is 0.383 e. The minimum atomic E-state index is 0.166. The predicted octanol–water partition coefficient (Wildman–Crippen LogP) is 4.37. The van der Waals surface area contributed by atoms with Crippen LogP contribution in [0.25, 0.3) is 0 Å². The molecule has 1 aliphatic rings. The molecule has 3 heteroatoms. The van der Waals surface area contributed by atoms with Crippen molar-refractivity contribution in [3.8, 4) is 6.07 Å². The number of benzene rings is 2. The highest BCUT2D eigenvalue weighted by Gasteiger charge is 2.30. The number of fused-ring (bicyclic) bond motifs is 1.